The van der Waals surface area contributed by atoms with Gasteiger partial charge in [-0.25, -0.2) is 4.98 Å². The van der Waals surface area contributed by atoms with E-state index in [0.717, 1.165) is 18.4 Å². The van der Waals surface area contributed by atoms with Crippen LogP contribution in [-0.4, -0.2) is 28.4 Å². The van der Waals surface area contributed by atoms with E-state index in [9.17, 15) is 4.79 Å². The summed E-state index contributed by atoms with van der Waals surface area (Å²) in [5.41, 5.74) is 6.61. The molecule has 0 spiro atoms. The van der Waals surface area contributed by atoms with Gasteiger partial charge in [-0.15, -0.1) is 0 Å². The Balaban J connectivity index is 2.15. The maximum atomic E-state index is 11.2. The summed E-state index contributed by atoms with van der Waals surface area (Å²) in [5, 5.41) is 9.06. The number of carbonyl (C=O) groups is 1. The Morgan fingerprint density at radius 1 is 1.53 bits per heavy atom. The molecule has 19 heavy (non-hydrogen) atoms. The number of nitrogens with zero attached hydrogens (tertiary/aromatic N) is 3. The van der Waals surface area contributed by atoms with Crippen LogP contribution >= 0.6 is 0 Å². The van der Waals surface area contributed by atoms with E-state index in [4.69, 9.17) is 11.0 Å². The number of primary amides is 1. The van der Waals surface area contributed by atoms with Crippen molar-refractivity contribution in [2.75, 3.05) is 6.54 Å². The molecule has 2 rings (SSSR count). The first kappa shape index (κ1) is 13.5. The SMILES string of the molecule is N#Cc1ncccc1CN(CC(N)=O)C1CCCC1. The number of nitriles is 1. The molecule has 100 valence electrons. The Morgan fingerprint density at radius 3 is 2.89 bits per heavy atom. The summed E-state index contributed by atoms with van der Waals surface area (Å²) in [7, 11) is 0. The van der Waals surface area contributed by atoms with Gasteiger partial charge < -0.3 is 5.73 Å². The van der Waals surface area contributed by atoms with Gasteiger partial charge in [0.05, 0.1) is 6.54 Å². The summed E-state index contributed by atoms with van der Waals surface area (Å²) in [6.07, 6.45) is 6.18. The molecule has 0 aromatic carbocycles. The van der Waals surface area contributed by atoms with Gasteiger partial charge in [-0.3, -0.25) is 9.69 Å². The van der Waals surface area contributed by atoms with Gasteiger partial charge in [0.15, 0.2) is 0 Å². The molecule has 5 heteroatoms. The van der Waals surface area contributed by atoms with Gasteiger partial charge in [0, 0.05) is 24.3 Å². The summed E-state index contributed by atoms with van der Waals surface area (Å²) in [6, 6.07) is 6.18. The lowest BCUT2D eigenvalue weighted by molar-refractivity contribution is -0.119. The van der Waals surface area contributed by atoms with Crippen LogP contribution in [0.2, 0.25) is 0 Å². The van der Waals surface area contributed by atoms with E-state index in [2.05, 4.69) is 16.0 Å². The van der Waals surface area contributed by atoms with E-state index in [1.165, 1.54) is 12.8 Å². The molecular formula is C14H18N4O. The Bertz CT molecular complexity index is 488. The number of hydrogen-bond donors (Lipinski definition) is 1. The molecule has 1 saturated carbocycles. The van der Waals surface area contributed by atoms with Crippen molar-refractivity contribution in [3.63, 3.8) is 0 Å². The van der Waals surface area contributed by atoms with Crippen molar-refractivity contribution in [2.45, 2.75) is 38.3 Å². The second kappa shape index (κ2) is 6.30. The summed E-state index contributed by atoms with van der Waals surface area (Å²) in [4.78, 5) is 17.3. The molecule has 1 aliphatic rings. The number of rotatable bonds is 5. The maximum Gasteiger partial charge on any atom is 0.231 e. The number of amides is 1. The molecule has 0 aliphatic heterocycles. The van der Waals surface area contributed by atoms with Crippen LogP contribution in [0.15, 0.2) is 18.3 Å². The normalized spacial score (nSPS) is 15.6. The molecule has 1 aromatic rings. The highest BCUT2D eigenvalue weighted by molar-refractivity contribution is 5.76. The maximum absolute atomic E-state index is 11.2. The van der Waals surface area contributed by atoms with Crippen molar-refractivity contribution in [1.82, 2.24) is 9.88 Å². The molecule has 1 aliphatic carbocycles. The van der Waals surface area contributed by atoms with Gasteiger partial charge in [-0.2, -0.15) is 5.26 Å². The van der Waals surface area contributed by atoms with Gasteiger partial charge in [-0.05, 0) is 18.9 Å². The van der Waals surface area contributed by atoms with Crippen LogP contribution in [0.5, 0.6) is 0 Å². The highest BCUT2D eigenvalue weighted by Crippen LogP contribution is 2.25. The lowest BCUT2D eigenvalue weighted by Gasteiger charge is -2.27. The van der Waals surface area contributed by atoms with E-state index in [1.807, 2.05) is 12.1 Å². The zero-order chi connectivity index (χ0) is 13.7. The number of aromatic nitrogens is 1. The van der Waals surface area contributed by atoms with E-state index in [1.54, 1.807) is 6.20 Å². The average Bonchev–Trinajstić information content (AvgIpc) is 2.92. The third kappa shape index (κ3) is 3.52. The quantitative estimate of drug-likeness (QED) is 0.859. The van der Waals surface area contributed by atoms with Crippen LogP contribution in [0.25, 0.3) is 0 Å². The monoisotopic (exact) mass is 258 g/mol. The number of hydrogen-bond acceptors (Lipinski definition) is 4. The molecule has 0 saturated heterocycles. The van der Waals surface area contributed by atoms with Gasteiger partial charge >= 0.3 is 0 Å². The first-order chi connectivity index (χ1) is 9.20. The van der Waals surface area contributed by atoms with Crippen molar-refractivity contribution in [3.05, 3.63) is 29.6 Å². The number of nitrogens with two attached hydrogens (primary N) is 1. The lowest BCUT2D eigenvalue weighted by atomic mass is 10.1. The molecule has 1 amide bonds. The van der Waals surface area contributed by atoms with Crippen LogP contribution in [0.4, 0.5) is 0 Å². The van der Waals surface area contributed by atoms with E-state index in [0.29, 0.717) is 18.3 Å². The van der Waals surface area contributed by atoms with Crippen LogP contribution in [-0.2, 0) is 11.3 Å². The Morgan fingerprint density at radius 2 is 2.26 bits per heavy atom. The molecule has 1 aromatic heterocycles. The molecule has 0 radical (unpaired) electrons. The lowest BCUT2D eigenvalue weighted by Crippen LogP contribution is -2.39. The molecule has 0 atom stereocenters. The van der Waals surface area contributed by atoms with Gasteiger partial charge in [-0.1, -0.05) is 18.9 Å². The Hall–Kier alpha value is -1.93. The summed E-state index contributed by atoms with van der Waals surface area (Å²) >= 11 is 0. The summed E-state index contributed by atoms with van der Waals surface area (Å²) in [5.74, 6) is -0.325. The first-order valence-electron chi connectivity index (χ1n) is 6.57. The largest absolute Gasteiger partial charge is 0.369 e. The summed E-state index contributed by atoms with van der Waals surface area (Å²) < 4.78 is 0. The highest BCUT2D eigenvalue weighted by atomic mass is 16.1. The minimum atomic E-state index is -0.325. The molecule has 1 fully saturated rings. The third-order valence-corrected chi connectivity index (χ3v) is 3.57. The molecular weight excluding hydrogens is 240 g/mol. The van der Waals surface area contributed by atoms with Crippen molar-refractivity contribution in [1.29, 1.82) is 5.26 Å². The smallest absolute Gasteiger partial charge is 0.231 e. The molecule has 0 bridgehead atoms. The second-order valence-corrected chi connectivity index (χ2v) is 4.93. The molecule has 0 unspecified atom stereocenters. The Kier molecular flexibility index (Phi) is 4.48. The van der Waals surface area contributed by atoms with Crippen LogP contribution in [0.1, 0.15) is 36.9 Å². The van der Waals surface area contributed by atoms with Crippen LogP contribution in [0, 0.1) is 11.3 Å². The van der Waals surface area contributed by atoms with Gasteiger partial charge in [0.25, 0.3) is 0 Å². The van der Waals surface area contributed by atoms with Crippen LogP contribution in [0.3, 0.4) is 0 Å². The van der Waals surface area contributed by atoms with Gasteiger partial charge in [0.1, 0.15) is 11.8 Å². The van der Waals surface area contributed by atoms with Gasteiger partial charge in [0.2, 0.25) is 5.91 Å². The predicted molar refractivity (Wildman–Crippen MR) is 70.8 cm³/mol. The second-order valence-electron chi connectivity index (χ2n) is 4.93. The fraction of sp³-hybridized carbons (Fsp3) is 0.500. The topological polar surface area (TPSA) is 83.0 Å². The molecule has 2 N–H and O–H groups in total. The van der Waals surface area contributed by atoms with Crippen molar-refractivity contribution in [2.24, 2.45) is 5.73 Å². The standard InChI is InChI=1S/C14H18N4O/c15-8-13-11(4-3-7-17-13)9-18(10-14(16)19)12-5-1-2-6-12/h3-4,7,12H,1-2,5-6,9-10H2,(H2,16,19). The summed E-state index contributed by atoms with van der Waals surface area (Å²) in [6.45, 7) is 0.800. The number of carbonyl (C=O) groups excluding carboxylic acids is 1. The fourth-order valence-electron chi connectivity index (χ4n) is 2.67. The van der Waals surface area contributed by atoms with Crippen molar-refractivity contribution < 1.29 is 4.79 Å². The molecule has 5 nitrogen and oxygen atoms in total. The predicted octanol–water partition coefficient (Wildman–Crippen LogP) is 1.18. The van der Waals surface area contributed by atoms with E-state index >= 15 is 0 Å². The van der Waals surface area contributed by atoms with E-state index in [-0.39, 0.29) is 12.5 Å². The van der Waals surface area contributed by atoms with Crippen LogP contribution < -0.4 is 5.73 Å². The minimum Gasteiger partial charge on any atom is -0.369 e. The Labute approximate surface area is 113 Å². The highest BCUT2D eigenvalue weighted by Gasteiger charge is 2.24. The zero-order valence-electron chi connectivity index (χ0n) is 10.9. The minimum absolute atomic E-state index is 0.241. The zero-order valence-corrected chi connectivity index (χ0v) is 10.9. The average molecular weight is 258 g/mol. The first-order valence-corrected chi connectivity index (χ1v) is 6.57. The third-order valence-electron chi connectivity index (χ3n) is 3.57. The molecule has 1 heterocycles. The van der Waals surface area contributed by atoms with E-state index < -0.39 is 0 Å². The fourth-order valence-corrected chi connectivity index (χ4v) is 2.67. The number of pyridine rings is 1. The van der Waals surface area contributed by atoms with Crippen molar-refractivity contribution in [3.8, 4) is 6.07 Å². The van der Waals surface area contributed by atoms with Crippen molar-refractivity contribution >= 4 is 5.91 Å².